The molecule has 1 aromatic heterocycles. The van der Waals surface area contributed by atoms with Gasteiger partial charge in [-0.3, -0.25) is 19.1 Å². The molecule has 0 saturated carbocycles. The molecule has 8 heteroatoms. The van der Waals surface area contributed by atoms with E-state index in [2.05, 4.69) is 20.9 Å². The maximum Gasteiger partial charge on any atom is 0.262 e. The molecule has 6 rings (SSSR count). The molecule has 8 nitrogen and oxygen atoms in total. The van der Waals surface area contributed by atoms with Gasteiger partial charge in [-0.25, -0.2) is 4.98 Å². The van der Waals surface area contributed by atoms with E-state index >= 15 is 0 Å². The standard InChI is InChI=1S/C28H36N4O4/c1-17-29-22-14-25(36-3)24(35-2)13-21(22)28(34)32(17)16-26(33)31-10-6-7-18-11-19-12-20(27(18)31)15-30-9-5-4-8-23(19)30/h11,13-14,19-20,23,27H,4-10,12,15-16H2,1-3H3/t19-,20+,23-,27-/m1/s1. The molecule has 2 bridgehead atoms. The van der Waals surface area contributed by atoms with Gasteiger partial charge >= 0.3 is 0 Å². The molecular weight excluding hydrogens is 456 g/mol. The second kappa shape index (κ2) is 9.21. The predicted molar refractivity (Wildman–Crippen MR) is 137 cm³/mol. The quantitative estimate of drug-likeness (QED) is 0.611. The zero-order valence-electron chi connectivity index (χ0n) is 21.5. The first-order chi connectivity index (χ1) is 17.5. The van der Waals surface area contributed by atoms with Crippen LogP contribution in [0, 0.1) is 18.8 Å². The van der Waals surface area contributed by atoms with Crippen LogP contribution in [0.4, 0.5) is 0 Å². The van der Waals surface area contributed by atoms with Gasteiger partial charge in [-0.2, -0.15) is 0 Å². The zero-order valence-corrected chi connectivity index (χ0v) is 21.5. The van der Waals surface area contributed by atoms with Crippen molar-refractivity contribution < 1.29 is 14.3 Å². The van der Waals surface area contributed by atoms with Gasteiger partial charge in [0.15, 0.2) is 11.5 Å². The van der Waals surface area contributed by atoms with Gasteiger partial charge < -0.3 is 14.4 Å². The molecule has 0 spiro atoms. The number of carbonyl (C=O) groups is 1. The molecule has 2 aromatic rings. The number of ether oxygens (including phenoxy) is 2. The molecule has 4 heterocycles. The molecule has 0 radical (unpaired) electrons. The van der Waals surface area contributed by atoms with E-state index in [4.69, 9.17) is 9.47 Å². The van der Waals surface area contributed by atoms with Crippen molar-refractivity contribution in [3.63, 3.8) is 0 Å². The number of hydrogen-bond donors (Lipinski definition) is 0. The van der Waals surface area contributed by atoms with Gasteiger partial charge in [0.05, 0.1) is 31.2 Å². The number of rotatable bonds is 4. The fourth-order valence-electron chi connectivity index (χ4n) is 7.32. The summed E-state index contributed by atoms with van der Waals surface area (Å²) in [5, 5.41) is 0.425. The van der Waals surface area contributed by atoms with Crippen molar-refractivity contribution in [2.24, 2.45) is 11.8 Å². The lowest BCUT2D eigenvalue weighted by Gasteiger charge is -2.54. The Bertz CT molecular complexity index is 1280. The normalized spacial score (nSPS) is 27.8. The van der Waals surface area contributed by atoms with Crippen LogP contribution < -0.4 is 15.0 Å². The highest BCUT2D eigenvalue weighted by molar-refractivity contribution is 5.83. The van der Waals surface area contributed by atoms with Gasteiger partial charge in [0.1, 0.15) is 12.4 Å². The SMILES string of the molecule is COc1cc2nc(C)n(CC(=O)N3CCCC4=C[C@@H]5C[C@@H](CN6CCCC[C@H]56)[C@@H]43)c(=O)c2cc1OC. The molecule has 1 aliphatic carbocycles. The van der Waals surface area contributed by atoms with Crippen LogP contribution in [0.1, 0.15) is 44.3 Å². The second-order valence-corrected chi connectivity index (χ2v) is 10.9. The number of hydrogen-bond acceptors (Lipinski definition) is 6. The molecule has 3 fully saturated rings. The minimum absolute atomic E-state index is 0.00815. The summed E-state index contributed by atoms with van der Waals surface area (Å²) in [6, 6.07) is 4.23. The molecule has 192 valence electrons. The molecule has 4 aliphatic rings. The van der Waals surface area contributed by atoms with E-state index in [0.29, 0.717) is 46.1 Å². The minimum atomic E-state index is -0.225. The molecule has 36 heavy (non-hydrogen) atoms. The predicted octanol–water partition coefficient (Wildman–Crippen LogP) is 3.14. The monoisotopic (exact) mass is 492 g/mol. The van der Waals surface area contributed by atoms with Crippen molar-refractivity contribution in [2.75, 3.05) is 33.9 Å². The van der Waals surface area contributed by atoms with Gasteiger partial charge in [0.25, 0.3) is 5.56 Å². The number of aromatic nitrogens is 2. The highest BCUT2D eigenvalue weighted by Gasteiger charge is 2.46. The first-order valence-corrected chi connectivity index (χ1v) is 13.4. The number of benzene rings is 1. The van der Waals surface area contributed by atoms with Gasteiger partial charge in [-0.05, 0) is 63.5 Å². The third-order valence-corrected chi connectivity index (χ3v) is 8.92. The summed E-state index contributed by atoms with van der Waals surface area (Å²) in [5.41, 5.74) is 1.77. The topological polar surface area (TPSA) is 76.9 Å². The zero-order chi connectivity index (χ0) is 25.0. The van der Waals surface area contributed by atoms with Crippen LogP contribution in [0.2, 0.25) is 0 Å². The van der Waals surface area contributed by atoms with Crippen LogP contribution in [0.15, 0.2) is 28.6 Å². The van der Waals surface area contributed by atoms with Crippen molar-refractivity contribution in [3.8, 4) is 11.5 Å². The molecule has 0 unspecified atom stereocenters. The third-order valence-electron chi connectivity index (χ3n) is 8.92. The number of nitrogens with zero attached hydrogens (tertiary/aromatic N) is 4. The summed E-state index contributed by atoms with van der Waals surface area (Å²) < 4.78 is 12.3. The number of likely N-dealkylation sites (tertiary alicyclic amines) is 1. The Balaban J connectivity index is 1.30. The van der Waals surface area contributed by atoms with Crippen LogP contribution in [0.3, 0.4) is 0 Å². The summed E-state index contributed by atoms with van der Waals surface area (Å²) in [6.07, 6.45) is 9.71. The Morgan fingerprint density at radius 1 is 1.11 bits per heavy atom. The highest BCUT2D eigenvalue weighted by atomic mass is 16.5. The van der Waals surface area contributed by atoms with Crippen molar-refractivity contribution in [1.82, 2.24) is 19.4 Å². The molecule has 1 amide bonds. The maximum atomic E-state index is 13.8. The average molecular weight is 493 g/mol. The number of fused-ring (bicyclic) bond motifs is 7. The summed E-state index contributed by atoms with van der Waals surface area (Å²) in [4.78, 5) is 36.7. The Hall–Kier alpha value is -2.87. The second-order valence-electron chi connectivity index (χ2n) is 10.9. The van der Waals surface area contributed by atoms with Gasteiger partial charge in [-0.1, -0.05) is 18.1 Å². The smallest absolute Gasteiger partial charge is 0.262 e. The fourth-order valence-corrected chi connectivity index (χ4v) is 7.32. The number of carbonyl (C=O) groups excluding carboxylic acids is 1. The number of aryl methyl sites for hydroxylation is 1. The van der Waals surface area contributed by atoms with Gasteiger partial charge in [0, 0.05) is 25.2 Å². The van der Waals surface area contributed by atoms with Crippen molar-refractivity contribution >= 4 is 16.8 Å². The average Bonchev–Trinajstić information content (AvgIpc) is 2.90. The van der Waals surface area contributed by atoms with E-state index in [1.165, 1.54) is 42.4 Å². The Morgan fingerprint density at radius 2 is 1.92 bits per heavy atom. The lowest BCUT2D eigenvalue weighted by atomic mass is 9.68. The largest absolute Gasteiger partial charge is 0.493 e. The first-order valence-electron chi connectivity index (χ1n) is 13.4. The van der Waals surface area contributed by atoms with Crippen molar-refractivity contribution in [1.29, 1.82) is 0 Å². The van der Waals surface area contributed by atoms with Crippen molar-refractivity contribution in [3.05, 3.63) is 40.0 Å². The third kappa shape index (κ3) is 3.81. The molecular formula is C28H36N4O4. The van der Waals surface area contributed by atoms with E-state index in [1.54, 1.807) is 33.3 Å². The summed E-state index contributed by atoms with van der Waals surface area (Å²) >= 11 is 0. The summed E-state index contributed by atoms with van der Waals surface area (Å²) in [5.74, 6) is 2.65. The molecule has 3 saturated heterocycles. The fraction of sp³-hybridized carbons (Fsp3) is 0.607. The van der Waals surface area contributed by atoms with E-state index in [1.807, 2.05) is 0 Å². The lowest BCUT2D eigenvalue weighted by Crippen LogP contribution is -2.60. The van der Waals surface area contributed by atoms with Gasteiger partial charge in [-0.15, -0.1) is 0 Å². The van der Waals surface area contributed by atoms with E-state index in [0.717, 1.165) is 25.9 Å². The molecule has 1 aromatic carbocycles. The summed E-state index contributed by atoms with van der Waals surface area (Å²) in [6.45, 7) is 4.83. The van der Waals surface area contributed by atoms with Crippen LogP contribution in [0.25, 0.3) is 10.9 Å². The van der Waals surface area contributed by atoms with E-state index < -0.39 is 0 Å². The van der Waals surface area contributed by atoms with Crippen LogP contribution in [-0.4, -0.2) is 71.2 Å². The Labute approximate surface area is 211 Å². The van der Waals surface area contributed by atoms with E-state index in [-0.39, 0.29) is 24.1 Å². The number of piperidine rings is 3. The molecule has 0 N–H and O–H groups in total. The lowest BCUT2D eigenvalue weighted by molar-refractivity contribution is -0.137. The Morgan fingerprint density at radius 3 is 2.72 bits per heavy atom. The van der Waals surface area contributed by atoms with Crippen LogP contribution >= 0.6 is 0 Å². The van der Waals surface area contributed by atoms with E-state index in [9.17, 15) is 9.59 Å². The minimum Gasteiger partial charge on any atom is -0.493 e. The van der Waals surface area contributed by atoms with Crippen LogP contribution in [0.5, 0.6) is 11.5 Å². The summed E-state index contributed by atoms with van der Waals surface area (Å²) in [7, 11) is 3.10. The molecule has 4 atom stereocenters. The highest BCUT2D eigenvalue weighted by Crippen LogP contribution is 2.45. The van der Waals surface area contributed by atoms with Crippen LogP contribution in [-0.2, 0) is 11.3 Å². The molecule has 3 aliphatic heterocycles. The van der Waals surface area contributed by atoms with Gasteiger partial charge in [0.2, 0.25) is 5.91 Å². The number of methoxy groups -OCH3 is 2. The number of amides is 1. The maximum absolute atomic E-state index is 13.8. The first kappa shape index (κ1) is 23.5. The Kier molecular flexibility index (Phi) is 6.02. The van der Waals surface area contributed by atoms with Crippen molar-refractivity contribution in [2.45, 2.75) is 64.1 Å².